The summed E-state index contributed by atoms with van der Waals surface area (Å²) in [5.74, 6) is 1.60. The highest BCUT2D eigenvalue weighted by molar-refractivity contribution is 7.99. The number of benzene rings is 1. The van der Waals surface area contributed by atoms with E-state index in [-0.39, 0.29) is 5.91 Å². The summed E-state index contributed by atoms with van der Waals surface area (Å²) in [7, 11) is 1.61. The molecule has 4 rings (SSSR count). The van der Waals surface area contributed by atoms with Crippen LogP contribution in [0, 0.1) is 0 Å². The number of imidazole rings is 1. The summed E-state index contributed by atoms with van der Waals surface area (Å²) in [4.78, 5) is 17.1. The van der Waals surface area contributed by atoms with E-state index in [0.29, 0.717) is 17.8 Å². The normalized spacial score (nSPS) is 12.8. The second-order valence-electron chi connectivity index (χ2n) is 5.63. The molecule has 0 spiro atoms. The Kier molecular flexibility index (Phi) is 4.19. The van der Waals surface area contributed by atoms with Gasteiger partial charge in [0.15, 0.2) is 5.16 Å². The third kappa shape index (κ3) is 3.12. The van der Waals surface area contributed by atoms with Gasteiger partial charge in [-0.05, 0) is 12.1 Å². The van der Waals surface area contributed by atoms with Crippen LogP contribution < -0.4 is 10.1 Å². The van der Waals surface area contributed by atoms with Crippen molar-refractivity contribution in [2.24, 2.45) is 0 Å². The van der Waals surface area contributed by atoms with Crippen molar-refractivity contribution >= 4 is 17.7 Å². The fourth-order valence-electron chi connectivity index (χ4n) is 2.77. The minimum atomic E-state index is -0.188. The standard InChI is InChI=1S/C17H17N5O2S/c1-24-13-4-2-3-11(7-13)15-14(9-19-21-15)16(23)18-8-12-10-22-5-6-25-17(22)20-12/h2-4,7,9-10H,5-6,8H2,1H3,(H,18,23)(H,19,21). The van der Waals surface area contributed by atoms with Crippen LogP contribution in [0.25, 0.3) is 11.3 Å². The molecule has 8 heteroatoms. The van der Waals surface area contributed by atoms with E-state index >= 15 is 0 Å². The van der Waals surface area contributed by atoms with Gasteiger partial charge in [-0.1, -0.05) is 23.9 Å². The van der Waals surface area contributed by atoms with Crippen LogP contribution in [0.2, 0.25) is 0 Å². The smallest absolute Gasteiger partial charge is 0.255 e. The molecule has 1 aromatic carbocycles. The van der Waals surface area contributed by atoms with Gasteiger partial charge in [-0.15, -0.1) is 0 Å². The number of aryl methyl sites for hydroxylation is 1. The van der Waals surface area contributed by atoms with Crippen LogP contribution >= 0.6 is 11.8 Å². The van der Waals surface area contributed by atoms with Crippen molar-refractivity contribution in [1.29, 1.82) is 0 Å². The predicted octanol–water partition coefficient (Wildman–Crippen LogP) is 2.32. The zero-order valence-electron chi connectivity index (χ0n) is 13.7. The van der Waals surface area contributed by atoms with E-state index in [0.717, 1.165) is 34.5 Å². The molecule has 0 atom stereocenters. The lowest BCUT2D eigenvalue weighted by atomic mass is 10.1. The van der Waals surface area contributed by atoms with Crippen molar-refractivity contribution in [3.05, 3.63) is 47.9 Å². The molecule has 0 fully saturated rings. The maximum Gasteiger partial charge on any atom is 0.255 e. The molecule has 0 radical (unpaired) electrons. The molecular weight excluding hydrogens is 338 g/mol. The average molecular weight is 355 g/mol. The van der Waals surface area contributed by atoms with Crippen molar-refractivity contribution < 1.29 is 9.53 Å². The van der Waals surface area contributed by atoms with E-state index in [1.165, 1.54) is 6.20 Å². The number of fused-ring (bicyclic) bond motifs is 1. The van der Waals surface area contributed by atoms with Crippen molar-refractivity contribution in [2.45, 2.75) is 18.2 Å². The molecule has 1 aliphatic heterocycles. The van der Waals surface area contributed by atoms with Crippen LogP contribution in [0.1, 0.15) is 16.1 Å². The number of thioether (sulfide) groups is 1. The first kappa shape index (κ1) is 15.8. The lowest BCUT2D eigenvalue weighted by molar-refractivity contribution is 0.0951. The first-order chi connectivity index (χ1) is 12.2. The minimum Gasteiger partial charge on any atom is -0.497 e. The minimum absolute atomic E-state index is 0.188. The number of nitrogens with zero attached hydrogens (tertiary/aromatic N) is 3. The maximum absolute atomic E-state index is 12.6. The first-order valence-electron chi connectivity index (χ1n) is 7.89. The van der Waals surface area contributed by atoms with Crippen LogP contribution in [-0.4, -0.2) is 38.5 Å². The van der Waals surface area contributed by atoms with Gasteiger partial charge in [-0.3, -0.25) is 9.89 Å². The Balaban J connectivity index is 1.49. The largest absolute Gasteiger partial charge is 0.497 e. The van der Waals surface area contributed by atoms with Gasteiger partial charge in [0.05, 0.1) is 36.8 Å². The van der Waals surface area contributed by atoms with Crippen LogP contribution in [0.15, 0.2) is 41.8 Å². The molecule has 2 N–H and O–H groups in total. The lowest BCUT2D eigenvalue weighted by Crippen LogP contribution is -2.23. The molecule has 0 saturated heterocycles. The highest BCUT2D eigenvalue weighted by atomic mass is 32.2. The number of H-pyrrole nitrogens is 1. The van der Waals surface area contributed by atoms with E-state index in [9.17, 15) is 4.79 Å². The number of rotatable bonds is 5. The molecule has 1 aliphatic rings. The van der Waals surface area contributed by atoms with Gasteiger partial charge < -0.3 is 14.6 Å². The van der Waals surface area contributed by atoms with Crippen LogP contribution in [0.5, 0.6) is 5.75 Å². The Morgan fingerprint density at radius 2 is 2.40 bits per heavy atom. The van der Waals surface area contributed by atoms with Gasteiger partial charge in [0.2, 0.25) is 0 Å². The predicted molar refractivity (Wildman–Crippen MR) is 94.7 cm³/mol. The average Bonchev–Trinajstić information content (AvgIpc) is 3.35. The van der Waals surface area contributed by atoms with E-state index in [1.54, 1.807) is 18.9 Å². The third-order valence-corrected chi connectivity index (χ3v) is 5.00. The monoisotopic (exact) mass is 355 g/mol. The Bertz CT molecular complexity index is 896. The molecule has 0 bridgehead atoms. The van der Waals surface area contributed by atoms with Crippen molar-refractivity contribution in [3.8, 4) is 17.0 Å². The fourth-order valence-corrected chi connectivity index (χ4v) is 3.73. The summed E-state index contributed by atoms with van der Waals surface area (Å²) in [6.07, 6.45) is 3.53. The van der Waals surface area contributed by atoms with Crippen molar-refractivity contribution in [2.75, 3.05) is 12.9 Å². The topological polar surface area (TPSA) is 84.8 Å². The molecule has 3 aromatic rings. The molecular formula is C17H17N5O2S. The van der Waals surface area contributed by atoms with Crippen molar-refractivity contribution in [3.63, 3.8) is 0 Å². The maximum atomic E-state index is 12.6. The number of nitrogens with one attached hydrogen (secondary N) is 2. The van der Waals surface area contributed by atoms with Gasteiger partial charge in [-0.2, -0.15) is 5.10 Å². The van der Waals surface area contributed by atoms with E-state index in [2.05, 4.69) is 25.1 Å². The molecule has 7 nitrogen and oxygen atoms in total. The van der Waals surface area contributed by atoms with Gasteiger partial charge in [0.25, 0.3) is 5.91 Å². The summed E-state index contributed by atoms with van der Waals surface area (Å²) in [5, 5.41) is 10.8. The SMILES string of the molecule is COc1cccc(-c2[nH]ncc2C(=O)NCc2cn3c(n2)SCC3)c1. The number of hydrogen-bond acceptors (Lipinski definition) is 5. The lowest BCUT2D eigenvalue weighted by Gasteiger charge is -2.06. The summed E-state index contributed by atoms with van der Waals surface area (Å²) >= 11 is 1.74. The quantitative estimate of drug-likeness (QED) is 0.734. The molecule has 0 saturated carbocycles. The van der Waals surface area contributed by atoms with Crippen molar-refractivity contribution in [1.82, 2.24) is 25.1 Å². The number of carbonyl (C=O) groups excluding carboxylic acids is 1. The number of aromatic amines is 1. The van der Waals surface area contributed by atoms with Crippen LogP contribution in [0.4, 0.5) is 0 Å². The Hall–Kier alpha value is -2.74. The molecule has 3 heterocycles. The van der Waals surface area contributed by atoms with Gasteiger partial charge in [-0.25, -0.2) is 4.98 Å². The molecule has 0 aliphatic carbocycles. The molecule has 1 amide bonds. The molecule has 128 valence electrons. The number of hydrogen-bond donors (Lipinski definition) is 2. The summed E-state index contributed by atoms with van der Waals surface area (Å²) in [6.45, 7) is 1.37. The third-order valence-electron chi connectivity index (χ3n) is 4.03. The number of methoxy groups -OCH3 is 1. The first-order valence-corrected chi connectivity index (χ1v) is 8.88. The van der Waals surface area contributed by atoms with Crippen LogP contribution in [-0.2, 0) is 13.1 Å². The molecule has 25 heavy (non-hydrogen) atoms. The molecule has 0 unspecified atom stereocenters. The zero-order valence-corrected chi connectivity index (χ0v) is 14.5. The summed E-state index contributed by atoms with van der Waals surface area (Å²) < 4.78 is 7.36. The number of carbonyl (C=O) groups is 1. The van der Waals surface area contributed by atoms with Gasteiger partial charge in [0.1, 0.15) is 5.75 Å². The van der Waals surface area contributed by atoms with E-state index < -0.39 is 0 Å². The second-order valence-corrected chi connectivity index (χ2v) is 6.69. The Labute approximate surface area is 148 Å². The fraction of sp³-hybridized carbons (Fsp3) is 0.235. The van der Waals surface area contributed by atoms with E-state index in [1.807, 2.05) is 30.5 Å². The number of amides is 1. The Morgan fingerprint density at radius 3 is 3.24 bits per heavy atom. The molecule has 2 aromatic heterocycles. The number of aromatic nitrogens is 4. The number of ether oxygens (including phenoxy) is 1. The summed E-state index contributed by atoms with van der Waals surface area (Å²) in [6, 6.07) is 7.50. The summed E-state index contributed by atoms with van der Waals surface area (Å²) in [5.41, 5.74) is 2.87. The Morgan fingerprint density at radius 1 is 1.48 bits per heavy atom. The van der Waals surface area contributed by atoms with Crippen LogP contribution in [0.3, 0.4) is 0 Å². The van der Waals surface area contributed by atoms with Gasteiger partial charge >= 0.3 is 0 Å². The van der Waals surface area contributed by atoms with E-state index in [4.69, 9.17) is 4.74 Å². The zero-order chi connectivity index (χ0) is 17.2. The highest BCUT2D eigenvalue weighted by Gasteiger charge is 2.18. The second kappa shape index (κ2) is 6.64. The van der Waals surface area contributed by atoms with Gasteiger partial charge in [0, 0.05) is 24.1 Å². The highest BCUT2D eigenvalue weighted by Crippen LogP contribution is 2.26.